The molecule has 1 aromatic carbocycles. The fraction of sp³-hybridized carbons (Fsp3) is 0.333. The third-order valence-electron chi connectivity index (χ3n) is 3.63. The number of carbonyl (C=O) groups excluding carboxylic acids is 1. The Labute approximate surface area is 122 Å². The molecule has 104 valence electrons. The zero-order valence-corrected chi connectivity index (χ0v) is 12.2. The number of nitrogens with one attached hydrogen (secondary N) is 2. The lowest BCUT2D eigenvalue weighted by atomic mass is 9.88. The number of fused-ring (bicyclic) bond motifs is 1. The fourth-order valence-corrected chi connectivity index (χ4v) is 3.20. The Hall–Kier alpha value is -1.75. The molecular formula is C15H17N3OS. The number of amides is 1. The molecule has 0 fully saturated rings. The van der Waals surface area contributed by atoms with Crippen LogP contribution in [0.2, 0.25) is 0 Å². The molecular weight excluding hydrogens is 270 g/mol. The van der Waals surface area contributed by atoms with E-state index in [1.165, 1.54) is 0 Å². The molecule has 0 unspecified atom stereocenters. The number of anilines is 1. The smallest absolute Gasteiger partial charge is 0.226 e. The van der Waals surface area contributed by atoms with Crippen molar-refractivity contribution in [3.63, 3.8) is 0 Å². The Bertz CT molecular complexity index is 609. The van der Waals surface area contributed by atoms with Gasteiger partial charge in [-0.2, -0.15) is 16.9 Å². The molecule has 2 heterocycles. The molecule has 2 aromatic rings. The number of aromatic nitrogens is 2. The van der Waals surface area contributed by atoms with Crippen LogP contribution >= 0.6 is 11.8 Å². The largest absolute Gasteiger partial charge is 0.309 e. The Morgan fingerprint density at radius 1 is 1.35 bits per heavy atom. The number of aromatic amines is 1. The van der Waals surface area contributed by atoms with Crippen LogP contribution in [0.1, 0.15) is 24.3 Å². The van der Waals surface area contributed by atoms with Crippen LogP contribution < -0.4 is 5.32 Å². The monoisotopic (exact) mass is 287 g/mol. The molecule has 1 amide bonds. The van der Waals surface area contributed by atoms with E-state index in [9.17, 15) is 4.79 Å². The first kappa shape index (κ1) is 13.2. The van der Waals surface area contributed by atoms with E-state index in [4.69, 9.17) is 0 Å². The second-order valence-corrected chi connectivity index (χ2v) is 5.94. The molecule has 1 aliphatic rings. The predicted molar refractivity (Wildman–Crippen MR) is 83.0 cm³/mol. The average molecular weight is 287 g/mol. The average Bonchev–Trinajstić information content (AvgIpc) is 2.89. The summed E-state index contributed by atoms with van der Waals surface area (Å²) in [6.07, 6.45) is 3.64. The molecule has 3 rings (SSSR count). The lowest BCUT2D eigenvalue weighted by Gasteiger charge is -2.22. The van der Waals surface area contributed by atoms with Gasteiger partial charge in [-0.25, -0.2) is 0 Å². The maximum absolute atomic E-state index is 11.8. The Balaban J connectivity index is 2.01. The van der Waals surface area contributed by atoms with Gasteiger partial charge >= 0.3 is 0 Å². The van der Waals surface area contributed by atoms with Crippen molar-refractivity contribution in [3.05, 3.63) is 35.9 Å². The first-order valence-corrected chi connectivity index (χ1v) is 8.11. The number of hydrogen-bond acceptors (Lipinski definition) is 3. The van der Waals surface area contributed by atoms with E-state index in [1.807, 2.05) is 30.0 Å². The summed E-state index contributed by atoms with van der Waals surface area (Å²) < 4.78 is 0. The van der Waals surface area contributed by atoms with Crippen LogP contribution in [0.25, 0.3) is 11.3 Å². The summed E-state index contributed by atoms with van der Waals surface area (Å²) in [5, 5.41) is 10.2. The lowest BCUT2D eigenvalue weighted by molar-refractivity contribution is -0.116. The summed E-state index contributed by atoms with van der Waals surface area (Å²) in [6, 6.07) is 10.2. The van der Waals surface area contributed by atoms with E-state index in [1.54, 1.807) is 0 Å². The van der Waals surface area contributed by atoms with Crippen LogP contribution in [0.3, 0.4) is 0 Å². The number of rotatable bonds is 4. The first-order chi connectivity index (χ1) is 9.79. The summed E-state index contributed by atoms with van der Waals surface area (Å²) in [6.45, 7) is 0. The van der Waals surface area contributed by atoms with E-state index < -0.39 is 0 Å². The molecule has 0 spiro atoms. The van der Waals surface area contributed by atoms with Crippen LogP contribution in [0.15, 0.2) is 30.3 Å². The molecule has 1 atom stereocenters. The molecule has 0 saturated carbocycles. The topological polar surface area (TPSA) is 57.8 Å². The van der Waals surface area contributed by atoms with Gasteiger partial charge < -0.3 is 5.32 Å². The molecule has 4 nitrogen and oxygen atoms in total. The van der Waals surface area contributed by atoms with E-state index in [-0.39, 0.29) is 11.8 Å². The lowest BCUT2D eigenvalue weighted by Crippen LogP contribution is -2.23. The van der Waals surface area contributed by atoms with Gasteiger partial charge in [-0.15, -0.1) is 0 Å². The summed E-state index contributed by atoms with van der Waals surface area (Å²) in [5.74, 6) is 2.07. The normalized spacial score (nSPS) is 17.6. The van der Waals surface area contributed by atoms with Crippen LogP contribution in [0, 0.1) is 0 Å². The van der Waals surface area contributed by atoms with Gasteiger partial charge in [-0.1, -0.05) is 30.3 Å². The molecule has 20 heavy (non-hydrogen) atoms. The molecule has 5 heteroatoms. The number of benzene rings is 1. The van der Waals surface area contributed by atoms with Gasteiger partial charge in [0.25, 0.3) is 0 Å². The van der Waals surface area contributed by atoms with Gasteiger partial charge in [0.2, 0.25) is 5.91 Å². The quantitative estimate of drug-likeness (QED) is 0.907. The molecule has 0 saturated heterocycles. The molecule has 0 bridgehead atoms. The van der Waals surface area contributed by atoms with E-state index >= 15 is 0 Å². The van der Waals surface area contributed by atoms with Crippen molar-refractivity contribution in [1.82, 2.24) is 10.2 Å². The third kappa shape index (κ3) is 2.45. The standard InChI is InChI=1S/C15H17N3OS/c1-20-8-7-11-9-12(19)16-15-13(11)14(17-18-15)10-5-3-2-4-6-10/h2-6,11H,7-9H2,1H3,(H2,16,17,18,19)/t11-/m1/s1. The summed E-state index contributed by atoms with van der Waals surface area (Å²) in [5.41, 5.74) is 3.31. The summed E-state index contributed by atoms with van der Waals surface area (Å²) in [7, 11) is 0. The van der Waals surface area contributed by atoms with Gasteiger partial charge in [0.05, 0.1) is 5.69 Å². The van der Waals surface area contributed by atoms with Gasteiger partial charge in [0.15, 0.2) is 5.82 Å². The Morgan fingerprint density at radius 3 is 2.90 bits per heavy atom. The maximum Gasteiger partial charge on any atom is 0.226 e. The fourth-order valence-electron chi connectivity index (χ4n) is 2.68. The number of nitrogens with zero attached hydrogens (tertiary/aromatic N) is 1. The minimum Gasteiger partial charge on any atom is -0.309 e. The molecule has 1 aromatic heterocycles. The van der Waals surface area contributed by atoms with E-state index in [2.05, 4.69) is 33.9 Å². The minimum absolute atomic E-state index is 0.0646. The zero-order chi connectivity index (χ0) is 13.9. The predicted octanol–water partition coefficient (Wildman–Crippen LogP) is 3.26. The highest BCUT2D eigenvalue weighted by Crippen LogP contribution is 2.39. The van der Waals surface area contributed by atoms with Crippen molar-refractivity contribution in [3.8, 4) is 11.3 Å². The highest BCUT2D eigenvalue weighted by Gasteiger charge is 2.30. The second-order valence-electron chi connectivity index (χ2n) is 4.96. The van der Waals surface area contributed by atoms with Gasteiger partial charge in [-0.3, -0.25) is 9.89 Å². The van der Waals surface area contributed by atoms with Crippen molar-refractivity contribution >= 4 is 23.5 Å². The van der Waals surface area contributed by atoms with Crippen LogP contribution in [0.4, 0.5) is 5.82 Å². The second kappa shape index (κ2) is 5.71. The Morgan fingerprint density at radius 2 is 2.15 bits per heavy atom. The van der Waals surface area contributed by atoms with Gasteiger partial charge in [0.1, 0.15) is 0 Å². The highest BCUT2D eigenvalue weighted by molar-refractivity contribution is 7.98. The number of thioether (sulfide) groups is 1. The maximum atomic E-state index is 11.8. The van der Waals surface area contributed by atoms with Crippen LogP contribution in [0.5, 0.6) is 0 Å². The van der Waals surface area contributed by atoms with E-state index in [0.29, 0.717) is 12.2 Å². The molecule has 2 N–H and O–H groups in total. The van der Waals surface area contributed by atoms with Gasteiger partial charge in [0, 0.05) is 12.0 Å². The highest BCUT2D eigenvalue weighted by atomic mass is 32.2. The number of H-pyrrole nitrogens is 1. The third-order valence-corrected chi connectivity index (χ3v) is 4.28. The molecule has 0 aliphatic carbocycles. The number of carbonyl (C=O) groups is 1. The summed E-state index contributed by atoms with van der Waals surface area (Å²) >= 11 is 1.81. The van der Waals surface area contributed by atoms with Crippen LogP contribution in [-0.2, 0) is 4.79 Å². The van der Waals surface area contributed by atoms with Crippen LogP contribution in [-0.4, -0.2) is 28.1 Å². The first-order valence-electron chi connectivity index (χ1n) is 6.72. The number of hydrogen-bond donors (Lipinski definition) is 2. The minimum atomic E-state index is 0.0646. The van der Waals surface area contributed by atoms with Crippen molar-refractivity contribution in [2.24, 2.45) is 0 Å². The summed E-state index contributed by atoms with van der Waals surface area (Å²) in [4.78, 5) is 11.8. The molecule has 1 aliphatic heterocycles. The van der Waals surface area contributed by atoms with Gasteiger partial charge in [-0.05, 0) is 29.9 Å². The molecule has 0 radical (unpaired) electrons. The van der Waals surface area contributed by atoms with Crippen molar-refractivity contribution in [2.75, 3.05) is 17.3 Å². The van der Waals surface area contributed by atoms with E-state index in [0.717, 1.165) is 29.0 Å². The van der Waals surface area contributed by atoms with Crippen molar-refractivity contribution < 1.29 is 4.79 Å². The SMILES string of the molecule is CSCC[C@@H]1CC(=O)Nc2n[nH]c(-c3ccccc3)c21. The Kier molecular flexibility index (Phi) is 3.78. The van der Waals surface area contributed by atoms with Crippen molar-refractivity contribution in [1.29, 1.82) is 0 Å². The van der Waals surface area contributed by atoms with Crippen molar-refractivity contribution in [2.45, 2.75) is 18.8 Å². The zero-order valence-electron chi connectivity index (χ0n) is 11.3.